The number of hydrogen-bond donors (Lipinski definition) is 0. The zero-order chi connectivity index (χ0) is 4.43. The summed E-state index contributed by atoms with van der Waals surface area (Å²) in [5.74, 6) is 2.39. The predicted octanol–water partition coefficient (Wildman–Crippen LogP) is 1.51. The second-order valence-corrected chi connectivity index (χ2v) is 4.42. The molecule has 2 bridgehead atoms. The molecule has 4 aliphatic rings. The van der Waals surface area contributed by atoms with Gasteiger partial charge in [-0.1, -0.05) is 0 Å². The first-order chi connectivity index (χ1) is 3.45. The van der Waals surface area contributed by atoms with Gasteiger partial charge in [-0.05, 0) is 24.7 Å². The summed E-state index contributed by atoms with van der Waals surface area (Å²) in [7, 11) is 0. The van der Waals surface area contributed by atoms with Crippen LogP contribution in [0.1, 0.15) is 12.8 Å². The molecule has 4 rings (SSSR count). The minimum atomic E-state index is 1.17. The molecule has 38 valence electrons. The molecule has 3 saturated carbocycles. The fourth-order valence-corrected chi connectivity index (χ4v) is 3.75. The summed E-state index contributed by atoms with van der Waals surface area (Å²) in [6.45, 7) is 0. The first-order valence-corrected chi connectivity index (χ1v) is 4.05. The van der Waals surface area contributed by atoms with E-state index >= 15 is 0 Å². The van der Waals surface area contributed by atoms with Crippen molar-refractivity contribution in [2.24, 2.45) is 11.8 Å². The molecule has 1 heteroatoms. The second kappa shape index (κ2) is 0.771. The van der Waals surface area contributed by atoms with Gasteiger partial charge in [-0.3, -0.25) is 0 Å². The van der Waals surface area contributed by atoms with E-state index in [9.17, 15) is 0 Å². The van der Waals surface area contributed by atoms with Crippen molar-refractivity contribution in [2.75, 3.05) is 0 Å². The average Bonchev–Trinajstić information content (AvgIpc) is 2.10. The molecule has 0 aromatic rings. The number of rotatable bonds is 0. The van der Waals surface area contributed by atoms with Crippen LogP contribution in [0.25, 0.3) is 0 Å². The highest BCUT2D eigenvalue weighted by Gasteiger charge is 2.62. The smallest absolute Gasteiger partial charge is 0.0201 e. The van der Waals surface area contributed by atoms with Crippen LogP contribution in [-0.2, 0) is 0 Å². The van der Waals surface area contributed by atoms with Crippen LogP contribution in [0.4, 0.5) is 0 Å². The molecule has 0 N–H and O–H groups in total. The quantitative estimate of drug-likeness (QED) is 0.428. The lowest BCUT2D eigenvalue weighted by atomic mass is 9.84. The standard InChI is InChI=1S/C6H8S/c1-3-2-4(1)6-5(3)7-6/h3-6H,1-2H2. The van der Waals surface area contributed by atoms with E-state index in [2.05, 4.69) is 11.8 Å². The summed E-state index contributed by atoms with van der Waals surface area (Å²) in [5, 5.41) is 2.34. The molecule has 0 amide bonds. The molecule has 0 aromatic heterocycles. The monoisotopic (exact) mass is 112 g/mol. The van der Waals surface area contributed by atoms with Crippen LogP contribution in [0.15, 0.2) is 0 Å². The van der Waals surface area contributed by atoms with Crippen LogP contribution in [0.5, 0.6) is 0 Å². The number of hydrogen-bond acceptors (Lipinski definition) is 1. The molecule has 2 atom stereocenters. The molecule has 1 heterocycles. The van der Waals surface area contributed by atoms with Crippen molar-refractivity contribution in [1.29, 1.82) is 0 Å². The molecule has 0 spiro atoms. The molecule has 0 radical (unpaired) electrons. The topological polar surface area (TPSA) is 0 Å². The molecule has 2 unspecified atom stereocenters. The zero-order valence-corrected chi connectivity index (χ0v) is 4.95. The summed E-state index contributed by atoms with van der Waals surface area (Å²) in [6, 6.07) is 0. The Labute approximate surface area is 47.7 Å². The van der Waals surface area contributed by atoms with E-state index in [1.807, 2.05) is 0 Å². The zero-order valence-electron chi connectivity index (χ0n) is 4.13. The van der Waals surface area contributed by atoms with E-state index in [4.69, 9.17) is 0 Å². The Bertz CT molecular complexity index is 99.3. The minimum absolute atomic E-state index is 1.17. The Morgan fingerprint density at radius 2 is 1.57 bits per heavy atom. The van der Waals surface area contributed by atoms with E-state index in [-0.39, 0.29) is 0 Å². The van der Waals surface area contributed by atoms with E-state index in [1.165, 1.54) is 22.3 Å². The van der Waals surface area contributed by atoms with Crippen LogP contribution in [0, 0.1) is 11.8 Å². The Hall–Kier alpha value is 0.350. The Morgan fingerprint density at radius 1 is 1.00 bits per heavy atom. The van der Waals surface area contributed by atoms with E-state index in [0.29, 0.717) is 0 Å². The van der Waals surface area contributed by atoms with Crippen LogP contribution in [-0.4, -0.2) is 10.5 Å². The Kier molecular flexibility index (Phi) is 0.374. The second-order valence-electron chi connectivity index (χ2n) is 3.06. The van der Waals surface area contributed by atoms with Gasteiger partial charge in [-0.25, -0.2) is 0 Å². The van der Waals surface area contributed by atoms with Crippen molar-refractivity contribution in [3.63, 3.8) is 0 Å². The van der Waals surface area contributed by atoms with Gasteiger partial charge in [0.2, 0.25) is 0 Å². The fourth-order valence-electron chi connectivity index (χ4n) is 2.14. The Balaban J connectivity index is 2.09. The first-order valence-electron chi connectivity index (χ1n) is 3.10. The van der Waals surface area contributed by atoms with Crippen molar-refractivity contribution < 1.29 is 0 Å². The van der Waals surface area contributed by atoms with Gasteiger partial charge in [-0.15, -0.1) is 0 Å². The van der Waals surface area contributed by atoms with Gasteiger partial charge >= 0.3 is 0 Å². The third-order valence-corrected chi connectivity index (χ3v) is 4.37. The lowest BCUT2D eigenvalue weighted by Crippen LogP contribution is -2.17. The summed E-state index contributed by atoms with van der Waals surface area (Å²) in [5.41, 5.74) is 0. The summed E-state index contributed by atoms with van der Waals surface area (Å²) in [6.07, 6.45) is 3.20. The third kappa shape index (κ3) is 0.241. The molecule has 1 saturated heterocycles. The van der Waals surface area contributed by atoms with E-state index in [0.717, 1.165) is 0 Å². The third-order valence-electron chi connectivity index (χ3n) is 2.70. The summed E-state index contributed by atoms with van der Waals surface area (Å²) >= 11 is 2.24. The maximum atomic E-state index is 2.24. The molecule has 3 aliphatic carbocycles. The van der Waals surface area contributed by atoms with Gasteiger partial charge in [0.1, 0.15) is 0 Å². The lowest BCUT2D eigenvalue weighted by molar-refractivity contribution is 0.301. The summed E-state index contributed by atoms with van der Waals surface area (Å²) in [4.78, 5) is 0. The molecule has 0 aromatic carbocycles. The van der Waals surface area contributed by atoms with Crippen LogP contribution < -0.4 is 0 Å². The first kappa shape index (κ1) is 3.39. The normalized spacial score (nSPS) is 72.0. The van der Waals surface area contributed by atoms with Gasteiger partial charge in [0.05, 0.1) is 0 Å². The number of thioether (sulfide) groups is 1. The van der Waals surface area contributed by atoms with Crippen molar-refractivity contribution in [1.82, 2.24) is 0 Å². The van der Waals surface area contributed by atoms with E-state index in [1.54, 1.807) is 12.8 Å². The van der Waals surface area contributed by atoms with Crippen LogP contribution in [0.3, 0.4) is 0 Å². The van der Waals surface area contributed by atoms with Gasteiger partial charge in [0, 0.05) is 10.5 Å². The van der Waals surface area contributed by atoms with Crippen molar-refractivity contribution in [3.05, 3.63) is 0 Å². The molecule has 4 fully saturated rings. The van der Waals surface area contributed by atoms with Crippen molar-refractivity contribution in [2.45, 2.75) is 23.3 Å². The highest BCUT2D eigenvalue weighted by molar-refractivity contribution is 8.07. The highest BCUT2D eigenvalue weighted by Crippen LogP contribution is 2.69. The van der Waals surface area contributed by atoms with Crippen LogP contribution >= 0.6 is 11.8 Å². The summed E-state index contributed by atoms with van der Waals surface area (Å²) < 4.78 is 0. The molecular weight excluding hydrogens is 104 g/mol. The predicted molar refractivity (Wildman–Crippen MR) is 31.4 cm³/mol. The van der Waals surface area contributed by atoms with Gasteiger partial charge < -0.3 is 0 Å². The molecule has 7 heavy (non-hydrogen) atoms. The van der Waals surface area contributed by atoms with Crippen molar-refractivity contribution in [3.8, 4) is 0 Å². The largest absolute Gasteiger partial charge is 0.152 e. The minimum Gasteiger partial charge on any atom is -0.152 e. The molecule has 0 nitrogen and oxygen atoms in total. The van der Waals surface area contributed by atoms with Gasteiger partial charge in [0.15, 0.2) is 0 Å². The SMILES string of the molecule is C1C2CC1C1SC21. The highest BCUT2D eigenvalue weighted by atomic mass is 32.2. The van der Waals surface area contributed by atoms with Crippen LogP contribution in [0.2, 0.25) is 0 Å². The van der Waals surface area contributed by atoms with Gasteiger partial charge in [0.25, 0.3) is 0 Å². The molecular formula is C6H8S. The average molecular weight is 112 g/mol. The lowest BCUT2D eigenvalue weighted by Gasteiger charge is -2.26. The maximum Gasteiger partial charge on any atom is 0.0201 e. The fraction of sp³-hybridized carbons (Fsp3) is 1.00. The van der Waals surface area contributed by atoms with Crippen molar-refractivity contribution >= 4 is 11.8 Å². The molecule has 1 aliphatic heterocycles. The van der Waals surface area contributed by atoms with E-state index < -0.39 is 0 Å². The Morgan fingerprint density at radius 3 is 1.71 bits per heavy atom. The maximum absolute atomic E-state index is 2.24. The van der Waals surface area contributed by atoms with Gasteiger partial charge in [-0.2, -0.15) is 11.8 Å².